The number of aromatic hydroxyl groups is 1. The van der Waals surface area contributed by atoms with Crippen molar-refractivity contribution >= 4 is 39.3 Å². The van der Waals surface area contributed by atoms with E-state index in [1.807, 2.05) is 38.1 Å². The summed E-state index contributed by atoms with van der Waals surface area (Å²) in [4.78, 5) is 47.5. The zero-order valence-electron chi connectivity index (χ0n) is 46.8. The first kappa shape index (κ1) is 56.8. The molecule has 0 spiro atoms. The van der Waals surface area contributed by atoms with Crippen molar-refractivity contribution in [3.8, 4) is 63.5 Å². The molecule has 5 fully saturated rings. The predicted octanol–water partition coefficient (Wildman–Crippen LogP) is 8.35. The second-order valence-corrected chi connectivity index (χ2v) is 22.6. The summed E-state index contributed by atoms with van der Waals surface area (Å²) in [7, 11) is 0. The van der Waals surface area contributed by atoms with Crippen molar-refractivity contribution in [2.75, 3.05) is 44.4 Å². The number of terminal acetylenes is 1. The smallest absolute Gasteiger partial charge is 0.319 e. The zero-order valence-corrected chi connectivity index (χ0v) is 46.8. The number of hydrogen-bond donors (Lipinski definition) is 5. The maximum Gasteiger partial charge on any atom is 0.319 e. The van der Waals surface area contributed by atoms with Crippen LogP contribution in [0.15, 0.2) is 103 Å². The number of carbonyl (C=O) groups excluding carboxylic acids is 2. The van der Waals surface area contributed by atoms with Gasteiger partial charge in [0.25, 0.3) is 0 Å². The summed E-state index contributed by atoms with van der Waals surface area (Å²) in [6.07, 6.45) is 12.4. The van der Waals surface area contributed by atoms with Gasteiger partial charge in [0.2, 0.25) is 11.8 Å². The molecule has 0 saturated carbocycles. The molecule has 5 saturated heterocycles. The normalized spacial score (nSPS) is 19.7. The Bertz CT molecular complexity index is 3830. The van der Waals surface area contributed by atoms with Gasteiger partial charge in [-0.3, -0.25) is 14.6 Å². The summed E-state index contributed by atoms with van der Waals surface area (Å²) in [5, 5.41) is 49.3. The van der Waals surface area contributed by atoms with Crippen molar-refractivity contribution in [3.05, 3.63) is 138 Å². The molecule has 21 heteroatoms. The van der Waals surface area contributed by atoms with Gasteiger partial charge in [-0.1, -0.05) is 85.6 Å². The Labute approximate surface area is 488 Å². The van der Waals surface area contributed by atoms with E-state index in [0.717, 1.165) is 43.5 Å². The van der Waals surface area contributed by atoms with Crippen molar-refractivity contribution in [2.45, 2.75) is 101 Å². The molecule has 0 aliphatic carbocycles. The lowest BCUT2D eigenvalue weighted by Crippen LogP contribution is -2.54. The van der Waals surface area contributed by atoms with Crippen LogP contribution in [-0.4, -0.2) is 132 Å². The minimum Gasteiger partial charge on any atom is -0.508 e. The van der Waals surface area contributed by atoms with E-state index in [4.69, 9.17) is 35.6 Å². The molecule has 5 N–H and O–H groups in total. The molecule has 3 aromatic heterocycles. The first-order valence-corrected chi connectivity index (χ1v) is 28.7. The second kappa shape index (κ2) is 24.1. The number of nitrogens with zero attached hydrogens (tertiary/aromatic N) is 8. The van der Waals surface area contributed by atoms with Gasteiger partial charge >= 0.3 is 6.01 Å². The van der Waals surface area contributed by atoms with E-state index >= 15 is 4.39 Å². The predicted molar refractivity (Wildman–Crippen MR) is 311 cm³/mol. The Kier molecular flexibility index (Phi) is 16.1. The fraction of sp³-hybridized carbons (Fsp3) is 0.359. The number of halogens is 3. The molecule has 85 heavy (non-hydrogen) atoms. The number of β-amino-alcohol motifs (C(OH)–C–C–N with tert-alkyl or cyclic N) is 1. The maximum absolute atomic E-state index is 15.6. The molecular weight excluding hydrogens is 1090 g/mol. The molecule has 0 radical (unpaired) electrons. The van der Waals surface area contributed by atoms with E-state index in [1.165, 1.54) is 46.0 Å². The summed E-state index contributed by atoms with van der Waals surface area (Å²) in [6, 6.07) is 20.5. The third-order valence-corrected chi connectivity index (χ3v) is 16.7. The van der Waals surface area contributed by atoms with E-state index in [2.05, 4.69) is 31.8 Å². The third kappa shape index (κ3) is 11.4. The zero-order chi connectivity index (χ0) is 59.0. The SMILES string of the molecule is C#Cc1c(F)ccc2cc(O)cc(-c3ncc4c(N5CC6CCCC5CN6)nc(OC5CCOCC5)nc4c3OCc3ccc(-c4cn([C@H](C(=O)N5C[C@H](O)C[C@H]5C(=O)N[C@@H](CO)c5ccc(-c6c(F)cccc6F)cc5)C(C)C)nn4)cc3)c12. The third-order valence-electron chi connectivity index (χ3n) is 16.7. The summed E-state index contributed by atoms with van der Waals surface area (Å²) < 4.78 is 65.3. The number of phenolic OH excluding ortho intramolecular Hbond substituents is 1. The van der Waals surface area contributed by atoms with E-state index < -0.39 is 60.1 Å². The number of rotatable bonds is 16. The van der Waals surface area contributed by atoms with Crippen LogP contribution in [0.1, 0.15) is 81.1 Å². The maximum atomic E-state index is 15.6. The van der Waals surface area contributed by atoms with Crippen molar-refractivity contribution in [1.82, 2.24) is 45.5 Å². The molecule has 8 heterocycles. The van der Waals surface area contributed by atoms with Crippen LogP contribution in [0.2, 0.25) is 0 Å². The summed E-state index contributed by atoms with van der Waals surface area (Å²) in [5.74, 6) is -0.191. The molecule has 2 bridgehead atoms. The number of likely N-dealkylation sites (tertiary alicyclic amines) is 1. The molecule has 438 valence electrons. The number of phenols is 1. The number of benzene rings is 5. The number of pyridine rings is 1. The minimum atomic E-state index is -1.10. The molecule has 5 aromatic carbocycles. The van der Waals surface area contributed by atoms with Gasteiger partial charge in [0.15, 0.2) is 5.75 Å². The van der Waals surface area contributed by atoms with Crippen LogP contribution in [0.4, 0.5) is 19.0 Å². The van der Waals surface area contributed by atoms with Gasteiger partial charge in [0, 0.05) is 73.7 Å². The molecule has 2 unspecified atom stereocenters. The Morgan fingerprint density at radius 3 is 2.44 bits per heavy atom. The van der Waals surface area contributed by atoms with Gasteiger partial charge in [-0.2, -0.15) is 9.97 Å². The van der Waals surface area contributed by atoms with Crippen LogP contribution in [0.25, 0.3) is 55.3 Å². The Hall–Kier alpha value is -8.68. The Morgan fingerprint density at radius 2 is 1.69 bits per heavy atom. The van der Waals surface area contributed by atoms with E-state index in [-0.39, 0.29) is 83.6 Å². The van der Waals surface area contributed by atoms with Gasteiger partial charge < -0.3 is 50.0 Å². The van der Waals surface area contributed by atoms with Crippen molar-refractivity contribution in [1.29, 1.82) is 0 Å². The van der Waals surface area contributed by atoms with Gasteiger partial charge in [-0.15, -0.1) is 11.5 Å². The molecule has 6 atom stereocenters. The van der Waals surface area contributed by atoms with E-state index in [0.29, 0.717) is 82.5 Å². The highest BCUT2D eigenvalue weighted by atomic mass is 19.1. The largest absolute Gasteiger partial charge is 0.508 e. The van der Waals surface area contributed by atoms with Crippen LogP contribution in [0.3, 0.4) is 0 Å². The molecular formula is C64H63F3N10O8. The minimum absolute atomic E-state index is 0.00311. The summed E-state index contributed by atoms with van der Waals surface area (Å²) >= 11 is 0. The number of aromatic nitrogens is 6. The van der Waals surface area contributed by atoms with E-state index in [9.17, 15) is 33.7 Å². The molecule has 2 amide bonds. The number of anilines is 1. The van der Waals surface area contributed by atoms with Crippen LogP contribution in [-0.2, 0) is 20.9 Å². The van der Waals surface area contributed by atoms with Gasteiger partial charge in [0.1, 0.15) is 70.7 Å². The van der Waals surface area contributed by atoms with Crippen LogP contribution < -0.4 is 25.0 Å². The number of ether oxygens (including phenoxy) is 3. The first-order valence-electron chi connectivity index (χ1n) is 28.7. The van der Waals surface area contributed by atoms with Gasteiger partial charge in [-0.05, 0) is 77.6 Å². The number of aliphatic hydroxyl groups is 2. The lowest BCUT2D eigenvalue weighted by molar-refractivity contribution is -0.142. The van der Waals surface area contributed by atoms with Gasteiger partial charge in [-0.25, -0.2) is 17.9 Å². The summed E-state index contributed by atoms with van der Waals surface area (Å²) in [6.45, 7) is 5.60. The van der Waals surface area contributed by atoms with Crippen LogP contribution >= 0.6 is 0 Å². The number of amides is 2. The molecule has 5 aliphatic rings. The molecule has 8 aromatic rings. The number of fused-ring (bicyclic) bond motifs is 6. The Balaban J connectivity index is 0.822. The number of aliphatic hydroxyl groups excluding tert-OH is 2. The van der Waals surface area contributed by atoms with Crippen molar-refractivity contribution in [2.24, 2.45) is 5.92 Å². The number of carbonyl (C=O) groups is 2. The highest BCUT2D eigenvalue weighted by Gasteiger charge is 2.43. The molecule has 13 rings (SSSR count). The molecule has 5 aliphatic heterocycles. The highest BCUT2D eigenvalue weighted by molar-refractivity contribution is 6.05. The fourth-order valence-corrected chi connectivity index (χ4v) is 12.3. The number of hydrogen-bond acceptors (Lipinski definition) is 15. The topological polar surface area (TPSA) is 222 Å². The monoisotopic (exact) mass is 1160 g/mol. The Morgan fingerprint density at radius 1 is 0.929 bits per heavy atom. The van der Waals surface area contributed by atoms with Crippen molar-refractivity contribution < 1.29 is 52.3 Å². The first-order chi connectivity index (χ1) is 41.2. The van der Waals surface area contributed by atoms with Crippen molar-refractivity contribution in [3.63, 3.8) is 0 Å². The van der Waals surface area contributed by atoms with Crippen LogP contribution in [0.5, 0.6) is 17.5 Å². The van der Waals surface area contributed by atoms with Crippen LogP contribution in [0, 0.1) is 35.7 Å². The fourth-order valence-electron chi connectivity index (χ4n) is 12.3. The van der Waals surface area contributed by atoms with E-state index in [1.54, 1.807) is 30.6 Å². The lowest BCUT2D eigenvalue weighted by Gasteiger charge is -2.39. The number of piperazine rings is 1. The number of nitrogens with one attached hydrogen (secondary N) is 2. The quantitative estimate of drug-likeness (QED) is 0.0574. The lowest BCUT2D eigenvalue weighted by atomic mass is 9.95. The average Bonchev–Trinajstić information content (AvgIpc) is 1.78. The second-order valence-electron chi connectivity index (χ2n) is 22.6. The highest BCUT2D eigenvalue weighted by Crippen LogP contribution is 2.45. The molecule has 18 nitrogen and oxygen atoms in total. The standard InChI is InChI=1S/C64H63F3N10O8/c1-4-46-49(65)20-19-40-25-43(79)26-47(55(40)46)57-60(58-48(29-69-57)61(75-30-41-7-5-8-42(75)28-68-41)72-64(71-58)85-45-21-23-83-24-22-45)84-34-36-11-13-37(14-12-36)52-32-77(74-73-52)59(35(2)3)63(82)76-31-44(80)27-54(76)62(81)70-53(33-78)38-15-17-39(18-16-38)56-50(66)9-6-10-51(56)67/h1,6,9-20,25-26,29,32,35,41-42,44-45,53-54,59,68,78-80H,5,7-8,21-24,27-28,30-31,33-34H2,2-3H3,(H,70,81)/t41?,42?,44-,53+,54+,59+/m1/s1. The summed E-state index contributed by atoms with van der Waals surface area (Å²) in [5.41, 5.74) is 3.35. The van der Waals surface area contributed by atoms with Gasteiger partial charge in [0.05, 0.1) is 54.7 Å². The average molecular weight is 1160 g/mol.